The van der Waals surface area contributed by atoms with Gasteiger partial charge in [0.2, 0.25) is 0 Å². The fraction of sp³-hybridized carbons (Fsp3) is 0. The topological polar surface area (TPSA) is 43.6 Å². The summed E-state index contributed by atoms with van der Waals surface area (Å²) in [5.74, 6) is 0.639. The molecule has 0 N–H and O–H groups in total. The second-order valence-electron chi connectivity index (χ2n) is 14.8. The van der Waals surface area contributed by atoms with Gasteiger partial charge in [-0.1, -0.05) is 170 Å². The molecule has 0 fully saturated rings. The maximum atomic E-state index is 9.01. The van der Waals surface area contributed by atoms with Gasteiger partial charge in [-0.15, -0.1) is 11.3 Å². The van der Waals surface area contributed by atoms with Crippen molar-refractivity contribution in [2.45, 2.75) is 0 Å². The number of nitrogens with zero attached hydrogens (tertiary/aromatic N) is 4. The van der Waals surface area contributed by atoms with Gasteiger partial charge in [0, 0.05) is 53.3 Å². The molecule has 5 heteroatoms. The van der Waals surface area contributed by atoms with Gasteiger partial charge in [-0.2, -0.15) is 0 Å². The smallest absolute Gasteiger partial charge is 0.165 e. The van der Waals surface area contributed by atoms with Crippen molar-refractivity contribution in [3.8, 4) is 62.1 Å². The molecular formula is C55H34N4S. The van der Waals surface area contributed by atoms with Gasteiger partial charge >= 0.3 is 0 Å². The molecule has 12 aromatic rings. The molecule has 0 aliphatic heterocycles. The van der Waals surface area contributed by atoms with E-state index in [2.05, 4.69) is 132 Å². The first-order valence-electron chi connectivity index (χ1n) is 22.3. The fourth-order valence-corrected chi connectivity index (χ4v) is 9.71. The monoisotopic (exact) mass is 787 g/mol. The van der Waals surface area contributed by atoms with Crippen molar-refractivity contribution in [3.63, 3.8) is 0 Å². The number of benzene rings is 9. The third-order valence-electron chi connectivity index (χ3n) is 11.3. The molecule has 0 spiro atoms. The largest absolute Gasteiger partial charge is 0.309 e. The average molecular weight is 788 g/mol. The van der Waals surface area contributed by atoms with Crippen LogP contribution in [0.5, 0.6) is 0 Å². The summed E-state index contributed by atoms with van der Waals surface area (Å²) < 4.78 is 47.9. The average Bonchev–Trinajstić information content (AvgIpc) is 3.90. The summed E-state index contributed by atoms with van der Waals surface area (Å²) in [5, 5.41) is 6.24. The maximum absolute atomic E-state index is 9.01. The lowest BCUT2D eigenvalue weighted by atomic mass is 9.98. The highest BCUT2D eigenvalue weighted by Gasteiger charge is 2.21. The molecule has 0 radical (unpaired) electrons. The van der Waals surface area contributed by atoms with Gasteiger partial charge in [-0.25, -0.2) is 15.0 Å². The van der Waals surface area contributed by atoms with Crippen LogP contribution in [0.15, 0.2) is 206 Å². The normalized spacial score (nSPS) is 12.8. The molecule has 0 atom stereocenters. The first-order chi connectivity index (χ1) is 31.8. The van der Waals surface area contributed by atoms with Crippen LogP contribution in [0.1, 0.15) is 6.85 Å². The Hall–Kier alpha value is -7.73. The number of aromatic nitrogens is 4. The zero-order chi connectivity index (χ0) is 43.9. The predicted octanol–water partition coefficient (Wildman–Crippen LogP) is 14.8. The molecular weight excluding hydrogens is 749 g/mol. The minimum Gasteiger partial charge on any atom is -0.309 e. The van der Waals surface area contributed by atoms with Crippen LogP contribution in [0, 0.1) is 0 Å². The van der Waals surface area contributed by atoms with E-state index in [-0.39, 0.29) is 23.5 Å². The molecule has 0 aliphatic carbocycles. The van der Waals surface area contributed by atoms with Crippen LogP contribution in [0.25, 0.3) is 115 Å². The van der Waals surface area contributed by atoms with Crippen LogP contribution in [0.3, 0.4) is 0 Å². The zero-order valence-corrected chi connectivity index (χ0v) is 32.8. The molecule has 9 aromatic carbocycles. The summed E-state index contributed by atoms with van der Waals surface area (Å²) in [7, 11) is 0. The first kappa shape index (κ1) is 29.5. The van der Waals surface area contributed by atoms with Gasteiger partial charge in [0.25, 0.3) is 0 Å². The Kier molecular flexibility index (Phi) is 6.87. The SMILES string of the molecule is [2H]c1c([2H])c([2H])c(-c2nc(-c3cccc4ccccc34)nc(-c3cc(-n4c5ccccc5c5ccccc54)cc4c3sc3ccc(-c5ccc(-c6ccccc6)cc5)cc34)n2)c([2H])c1[2H]. The van der Waals surface area contributed by atoms with Crippen LogP contribution in [-0.4, -0.2) is 19.5 Å². The summed E-state index contributed by atoms with van der Waals surface area (Å²) in [6.07, 6.45) is 0. The minimum absolute atomic E-state index is 0.00676. The molecule has 12 rings (SSSR count). The number of hydrogen-bond donors (Lipinski definition) is 0. The van der Waals surface area contributed by atoms with Crippen molar-refractivity contribution in [3.05, 3.63) is 206 Å². The lowest BCUT2D eigenvalue weighted by molar-refractivity contribution is 1.08. The molecule has 0 aliphatic rings. The van der Waals surface area contributed by atoms with Crippen molar-refractivity contribution in [1.82, 2.24) is 19.5 Å². The molecule has 4 nitrogen and oxygen atoms in total. The molecule has 280 valence electrons. The second kappa shape index (κ2) is 14.0. The Morgan fingerprint density at radius 2 is 0.983 bits per heavy atom. The summed E-state index contributed by atoms with van der Waals surface area (Å²) in [4.78, 5) is 15.3. The van der Waals surface area contributed by atoms with Crippen molar-refractivity contribution in [1.29, 1.82) is 0 Å². The highest BCUT2D eigenvalue weighted by Crippen LogP contribution is 2.44. The lowest BCUT2D eigenvalue weighted by Gasteiger charge is -2.13. The molecule has 3 heterocycles. The second-order valence-corrected chi connectivity index (χ2v) is 15.9. The number of thiophene rings is 1. The molecule has 3 aromatic heterocycles. The molecule has 0 unspecified atom stereocenters. The van der Waals surface area contributed by atoms with E-state index in [4.69, 9.17) is 21.8 Å². The number of rotatable bonds is 6. The van der Waals surface area contributed by atoms with Crippen LogP contribution in [0.4, 0.5) is 0 Å². The van der Waals surface area contributed by atoms with Crippen LogP contribution in [-0.2, 0) is 0 Å². The standard InChI is InChI=1S/C55H34N4S/c1-3-14-35(15-4-1)36-26-28-37(29-27-36)40-30-31-51-46(32-40)47-33-41(59-49-24-11-9-21-43(49)44-22-10-12-25-50(44)59)34-48(52(47)60-51)55-57-53(39-17-5-2-6-18-39)56-54(58-55)45-23-13-19-38-16-7-8-20-42(38)45/h1-34H/i2D,5D,6D,17D,18D. The summed E-state index contributed by atoms with van der Waals surface area (Å²) in [6, 6.07) is 58.6. The third kappa shape index (κ3) is 5.70. The number of para-hydroxylation sites is 2. The van der Waals surface area contributed by atoms with Gasteiger partial charge < -0.3 is 4.57 Å². The highest BCUT2D eigenvalue weighted by atomic mass is 32.1. The number of fused-ring (bicyclic) bond motifs is 7. The lowest BCUT2D eigenvalue weighted by Crippen LogP contribution is -2.02. The van der Waals surface area contributed by atoms with Gasteiger partial charge in [-0.05, 0) is 69.4 Å². The van der Waals surface area contributed by atoms with E-state index in [1.165, 1.54) is 5.56 Å². The van der Waals surface area contributed by atoms with Crippen LogP contribution in [0.2, 0.25) is 0 Å². The van der Waals surface area contributed by atoms with Gasteiger partial charge in [0.1, 0.15) is 0 Å². The summed E-state index contributed by atoms with van der Waals surface area (Å²) in [6.45, 7) is 0. The Labute approximate surface area is 357 Å². The Morgan fingerprint density at radius 3 is 1.73 bits per heavy atom. The Balaban J connectivity index is 1.16. The van der Waals surface area contributed by atoms with Crippen molar-refractivity contribution in [2.75, 3.05) is 0 Å². The maximum Gasteiger partial charge on any atom is 0.165 e. The molecule has 60 heavy (non-hydrogen) atoms. The van der Waals surface area contributed by atoms with Crippen molar-refractivity contribution in [2.24, 2.45) is 0 Å². The van der Waals surface area contributed by atoms with Gasteiger partial charge in [0.15, 0.2) is 17.5 Å². The van der Waals surface area contributed by atoms with E-state index in [1.807, 2.05) is 48.5 Å². The highest BCUT2D eigenvalue weighted by molar-refractivity contribution is 7.26. The third-order valence-corrected chi connectivity index (χ3v) is 12.6. The van der Waals surface area contributed by atoms with E-state index in [1.54, 1.807) is 11.3 Å². The van der Waals surface area contributed by atoms with E-state index >= 15 is 0 Å². The fourth-order valence-electron chi connectivity index (χ4n) is 8.54. The molecule has 0 bridgehead atoms. The number of hydrogen-bond acceptors (Lipinski definition) is 4. The summed E-state index contributed by atoms with van der Waals surface area (Å²) >= 11 is 1.65. The van der Waals surface area contributed by atoms with Gasteiger partial charge in [0.05, 0.1) is 17.9 Å². The van der Waals surface area contributed by atoms with Crippen LogP contribution >= 0.6 is 11.3 Å². The van der Waals surface area contributed by atoms with E-state index < -0.39 is 18.1 Å². The zero-order valence-electron chi connectivity index (χ0n) is 36.9. The van der Waals surface area contributed by atoms with E-state index in [0.717, 1.165) is 86.3 Å². The first-order valence-corrected chi connectivity index (χ1v) is 20.6. The summed E-state index contributed by atoms with van der Waals surface area (Å²) in [5.41, 5.74) is 8.87. The molecule has 0 amide bonds. The minimum atomic E-state index is -0.482. The molecule has 0 saturated carbocycles. The van der Waals surface area contributed by atoms with Crippen LogP contribution < -0.4 is 0 Å². The van der Waals surface area contributed by atoms with Crippen molar-refractivity contribution >= 4 is 64.1 Å². The Morgan fingerprint density at radius 1 is 0.400 bits per heavy atom. The molecule has 0 saturated heterocycles. The Bertz CT molecular complexity index is 3810. The predicted molar refractivity (Wildman–Crippen MR) is 252 cm³/mol. The van der Waals surface area contributed by atoms with Crippen molar-refractivity contribution < 1.29 is 6.85 Å². The van der Waals surface area contributed by atoms with E-state index in [0.29, 0.717) is 11.6 Å². The van der Waals surface area contributed by atoms with Gasteiger partial charge in [-0.3, -0.25) is 0 Å². The quantitative estimate of drug-likeness (QED) is 0.169. The van der Waals surface area contributed by atoms with E-state index in [9.17, 15) is 0 Å².